The molecule has 1 aliphatic rings. The van der Waals surface area contributed by atoms with Crippen LogP contribution < -0.4 is 5.73 Å². The van der Waals surface area contributed by atoms with Crippen molar-refractivity contribution in [3.05, 3.63) is 35.7 Å². The minimum atomic E-state index is 0. The van der Waals surface area contributed by atoms with E-state index in [0.29, 0.717) is 30.2 Å². The molecule has 2 aromatic rings. The Morgan fingerprint density at radius 1 is 1.38 bits per heavy atom. The maximum absolute atomic E-state index is 12.7. The Morgan fingerprint density at radius 2 is 2.15 bits per heavy atom. The summed E-state index contributed by atoms with van der Waals surface area (Å²) in [6.07, 6.45) is 2.64. The molecule has 142 valence electrons. The second-order valence-electron chi connectivity index (χ2n) is 7.98. The highest BCUT2D eigenvalue weighted by molar-refractivity contribution is 5.95. The van der Waals surface area contributed by atoms with Crippen molar-refractivity contribution < 1.29 is 9.32 Å². The Balaban J connectivity index is 0.00000243. The second-order valence-corrected chi connectivity index (χ2v) is 7.98. The fourth-order valence-corrected chi connectivity index (χ4v) is 3.07. The Morgan fingerprint density at radius 3 is 2.85 bits per heavy atom. The summed E-state index contributed by atoms with van der Waals surface area (Å²) in [5.41, 5.74) is 7.49. The molecule has 1 aromatic carbocycles. The number of nitrogens with two attached hydrogens (primary N) is 1. The molecule has 2 N–H and O–H groups in total. The third kappa shape index (κ3) is 5.05. The number of benzene rings is 1. The van der Waals surface area contributed by atoms with Crippen LogP contribution in [-0.2, 0) is 6.42 Å². The minimum absolute atomic E-state index is 0. The summed E-state index contributed by atoms with van der Waals surface area (Å²) >= 11 is 0. The van der Waals surface area contributed by atoms with E-state index >= 15 is 0 Å². The lowest BCUT2D eigenvalue weighted by Crippen LogP contribution is -2.45. The van der Waals surface area contributed by atoms with Crippen LogP contribution in [0.4, 0.5) is 0 Å². The summed E-state index contributed by atoms with van der Waals surface area (Å²) in [6.45, 7) is 7.74. The summed E-state index contributed by atoms with van der Waals surface area (Å²) in [6, 6.07) is 7.46. The highest BCUT2D eigenvalue weighted by Crippen LogP contribution is 2.23. The number of hydrogen-bond donors (Lipinski definition) is 1. The average molecular weight is 379 g/mol. The number of carbonyl (C=O) groups excluding carboxylic acids is 1. The summed E-state index contributed by atoms with van der Waals surface area (Å²) in [5.74, 6) is 1.14. The molecule has 1 aromatic heterocycles. The second kappa shape index (κ2) is 8.18. The van der Waals surface area contributed by atoms with Crippen molar-refractivity contribution in [3.63, 3.8) is 0 Å². The first-order valence-corrected chi connectivity index (χ1v) is 8.80. The topological polar surface area (TPSA) is 85.2 Å². The van der Waals surface area contributed by atoms with E-state index in [1.165, 1.54) is 0 Å². The number of likely N-dealkylation sites (tertiary alicyclic amines) is 1. The zero-order valence-corrected chi connectivity index (χ0v) is 16.4. The van der Waals surface area contributed by atoms with Gasteiger partial charge in [0.1, 0.15) is 0 Å². The predicted molar refractivity (Wildman–Crippen MR) is 103 cm³/mol. The van der Waals surface area contributed by atoms with Gasteiger partial charge in [0.2, 0.25) is 11.7 Å². The van der Waals surface area contributed by atoms with Gasteiger partial charge in [-0.3, -0.25) is 4.79 Å². The number of rotatable bonds is 3. The van der Waals surface area contributed by atoms with E-state index in [1.54, 1.807) is 0 Å². The zero-order chi connectivity index (χ0) is 18.0. The van der Waals surface area contributed by atoms with Crippen molar-refractivity contribution in [2.45, 2.75) is 46.1 Å². The molecule has 0 saturated carbocycles. The monoisotopic (exact) mass is 378 g/mol. The van der Waals surface area contributed by atoms with E-state index in [1.807, 2.05) is 29.2 Å². The Labute approximate surface area is 160 Å². The van der Waals surface area contributed by atoms with Crippen LogP contribution in [-0.4, -0.2) is 40.1 Å². The fourth-order valence-electron chi connectivity index (χ4n) is 3.07. The lowest BCUT2D eigenvalue weighted by atomic mass is 9.92. The van der Waals surface area contributed by atoms with E-state index in [4.69, 9.17) is 10.3 Å². The quantitative estimate of drug-likeness (QED) is 0.885. The van der Waals surface area contributed by atoms with Crippen molar-refractivity contribution in [2.75, 3.05) is 13.1 Å². The molecule has 1 unspecified atom stereocenters. The molecule has 3 rings (SSSR count). The van der Waals surface area contributed by atoms with Gasteiger partial charge in [-0.15, -0.1) is 12.4 Å². The molecule has 26 heavy (non-hydrogen) atoms. The molecule has 7 heteroatoms. The minimum Gasteiger partial charge on any atom is -0.339 e. The first kappa shape index (κ1) is 20.4. The predicted octanol–water partition coefficient (Wildman–Crippen LogP) is 3.31. The van der Waals surface area contributed by atoms with Crippen LogP contribution in [0.15, 0.2) is 28.8 Å². The average Bonchev–Trinajstić information content (AvgIpc) is 3.01. The van der Waals surface area contributed by atoms with Gasteiger partial charge < -0.3 is 15.2 Å². The molecule has 0 bridgehead atoms. The van der Waals surface area contributed by atoms with Gasteiger partial charge in [-0.05, 0) is 30.4 Å². The molecule has 1 saturated heterocycles. The Kier molecular flexibility index (Phi) is 6.42. The van der Waals surface area contributed by atoms with Crippen LogP contribution in [0.1, 0.15) is 49.9 Å². The standard InChI is InChI=1S/C19H26N4O2.ClH/c1-19(2,3)11-16-21-17(22-25-16)13-6-4-7-14(10-13)18(24)23-9-5-8-15(20)12-23;/h4,6-7,10,15H,5,8-9,11-12,20H2,1-3H3;1H. The van der Waals surface area contributed by atoms with Crippen LogP contribution in [0, 0.1) is 5.41 Å². The van der Waals surface area contributed by atoms with Crippen LogP contribution in [0.5, 0.6) is 0 Å². The molecule has 1 atom stereocenters. The van der Waals surface area contributed by atoms with Gasteiger partial charge in [0.05, 0.1) is 0 Å². The van der Waals surface area contributed by atoms with Gasteiger partial charge in [0, 0.05) is 36.7 Å². The molecule has 0 aliphatic carbocycles. The first-order valence-electron chi connectivity index (χ1n) is 8.80. The molecule has 0 spiro atoms. The van der Waals surface area contributed by atoms with Crippen LogP contribution in [0.2, 0.25) is 0 Å². The van der Waals surface area contributed by atoms with E-state index in [0.717, 1.165) is 24.9 Å². The number of aromatic nitrogens is 2. The maximum atomic E-state index is 12.7. The van der Waals surface area contributed by atoms with Crippen molar-refractivity contribution in [2.24, 2.45) is 11.1 Å². The number of amides is 1. The van der Waals surface area contributed by atoms with E-state index in [9.17, 15) is 4.79 Å². The van der Waals surface area contributed by atoms with Crippen molar-refractivity contribution in [1.82, 2.24) is 15.0 Å². The van der Waals surface area contributed by atoms with Crippen LogP contribution in [0.25, 0.3) is 11.4 Å². The molecular formula is C19H27ClN4O2. The zero-order valence-electron chi connectivity index (χ0n) is 15.6. The first-order chi connectivity index (χ1) is 11.8. The number of nitrogens with zero attached hydrogens (tertiary/aromatic N) is 3. The summed E-state index contributed by atoms with van der Waals surface area (Å²) in [4.78, 5) is 19.0. The number of carbonyl (C=O) groups is 1. The fraction of sp³-hybridized carbons (Fsp3) is 0.526. The SMILES string of the molecule is CC(C)(C)Cc1nc(-c2cccc(C(=O)N3CCCC(N)C3)c2)no1.Cl. The van der Waals surface area contributed by atoms with Crippen molar-refractivity contribution >= 4 is 18.3 Å². The molecular weight excluding hydrogens is 352 g/mol. The largest absolute Gasteiger partial charge is 0.339 e. The lowest BCUT2D eigenvalue weighted by Gasteiger charge is -2.30. The molecule has 2 heterocycles. The summed E-state index contributed by atoms with van der Waals surface area (Å²) in [7, 11) is 0. The molecule has 1 amide bonds. The third-order valence-electron chi connectivity index (χ3n) is 4.26. The van der Waals surface area contributed by atoms with Crippen molar-refractivity contribution in [3.8, 4) is 11.4 Å². The van der Waals surface area contributed by atoms with Gasteiger partial charge in [-0.2, -0.15) is 4.98 Å². The number of piperidine rings is 1. The summed E-state index contributed by atoms with van der Waals surface area (Å²) < 4.78 is 5.35. The van der Waals surface area contributed by atoms with Gasteiger partial charge in [-0.25, -0.2) is 0 Å². The Bertz CT molecular complexity index is 754. The summed E-state index contributed by atoms with van der Waals surface area (Å²) in [5, 5.41) is 4.06. The third-order valence-corrected chi connectivity index (χ3v) is 4.26. The van der Waals surface area contributed by atoms with Gasteiger partial charge in [-0.1, -0.05) is 38.1 Å². The normalized spacial score (nSPS) is 17.7. The van der Waals surface area contributed by atoms with Gasteiger partial charge in [0.25, 0.3) is 5.91 Å². The smallest absolute Gasteiger partial charge is 0.253 e. The van der Waals surface area contributed by atoms with Gasteiger partial charge >= 0.3 is 0 Å². The maximum Gasteiger partial charge on any atom is 0.253 e. The van der Waals surface area contributed by atoms with E-state index in [-0.39, 0.29) is 29.8 Å². The molecule has 1 aliphatic heterocycles. The highest BCUT2D eigenvalue weighted by Gasteiger charge is 2.23. The van der Waals surface area contributed by atoms with Crippen LogP contribution >= 0.6 is 12.4 Å². The molecule has 6 nitrogen and oxygen atoms in total. The Hall–Kier alpha value is -1.92. The lowest BCUT2D eigenvalue weighted by molar-refractivity contribution is 0.0709. The van der Waals surface area contributed by atoms with Crippen molar-refractivity contribution in [1.29, 1.82) is 0 Å². The highest BCUT2D eigenvalue weighted by atomic mass is 35.5. The molecule has 1 fully saturated rings. The van der Waals surface area contributed by atoms with Crippen LogP contribution in [0.3, 0.4) is 0 Å². The number of halogens is 1. The number of hydrogen-bond acceptors (Lipinski definition) is 5. The van der Waals surface area contributed by atoms with E-state index in [2.05, 4.69) is 30.9 Å². The van der Waals surface area contributed by atoms with E-state index < -0.39 is 0 Å². The van der Waals surface area contributed by atoms with Gasteiger partial charge in [0.15, 0.2) is 0 Å². The molecule has 0 radical (unpaired) electrons.